The molecular formula is C26H22F3N7O2. The number of benzene rings is 1. The van der Waals surface area contributed by atoms with Crippen LogP contribution >= 0.6 is 0 Å². The summed E-state index contributed by atoms with van der Waals surface area (Å²) in [6.07, 6.45) is 8.17. The van der Waals surface area contributed by atoms with Gasteiger partial charge in [0.05, 0.1) is 23.0 Å². The molecule has 194 valence electrons. The zero-order valence-electron chi connectivity index (χ0n) is 20.2. The van der Waals surface area contributed by atoms with Crippen molar-refractivity contribution in [1.29, 1.82) is 0 Å². The van der Waals surface area contributed by atoms with Crippen LogP contribution in [-0.4, -0.2) is 49.0 Å². The largest absolute Gasteiger partial charge is 0.431 e. The number of hydrogen-bond donors (Lipinski definition) is 1. The predicted molar refractivity (Wildman–Crippen MR) is 128 cm³/mol. The number of carbonyl (C=O) groups is 1. The number of ether oxygens (including phenoxy) is 1. The third kappa shape index (κ3) is 3.19. The molecule has 2 N–H and O–H groups in total. The predicted octanol–water partition coefficient (Wildman–Crippen LogP) is 3.93. The normalized spacial score (nSPS) is 21.3. The molecule has 1 saturated carbocycles. The van der Waals surface area contributed by atoms with Crippen LogP contribution in [0.1, 0.15) is 70.6 Å². The summed E-state index contributed by atoms with van der Waals surface area (Å²) in [6, 6.07) is 3.63. The number of halogens is 3. The van der Waals surface area contributed by atoms with Crippen molar-refractivity contribution < 1.29 is 22.7 Å². The van der Waals surface area contributed by atoms with Gasteiger partial charge in [0.2, 0.25) is 0 Å². The van der Waals surface area contributed by atoms with Crippen molar-refractivity contribution in [3.05, 3.63) is 70.8 Å². The molecule has 4 heterocycles. The van der Waals surface area contributed by atoms with Crippen molar-refractivity contribution in [2.45, 2.75) is 49.8 Å². The van der Waals surface area contributed by atoms with Crippen LogP contribution in [0.4, 0.5) is 13.2 Å². The zero-order valence-corrected chi connectivity index (χ0v) is 20.2. The lowest BCUT2D eigenvalue weighted by atomic mass is 9.77. The Morgan fingerprint density at radius 1 is 1.16 bits per heavy atom. The average Bonchev–Trinajstić information content (AvgIpc) is 3.41. The molecule has 4 aromatic rings. The van der Waals surface area contributed by atoms with Crippen LogP contribution in [0.3, 0.4) is 0 Å². The number of nitrogens with zero attached hydrogens (tertiary/aromatic N) is 6. The Kier molecular flexibility index (Phi) is 4.84. The monoisotopic (exact) mass is 521 g/mol. The first-order chi connectivity index (χ1) is 18.2. The van der Waals surface area contributed by atoms with E-state index in [0.717, 1.165) is 25.3 Å². The van der Waals surface area contributed by atoms with Crippen LogP contribution in [0.25, 0.3) is 16.9 Å². The highest BCUT2D eigenvalue weighted by molar-refractivity contribution is 5.98. The molecule has 0 radical (unpaired) electrons. The molecule has 7 rings (SSSR count). The minimum Gasteiger partial charge on any atom is -0.431 e. The van der Waals surface area contributed by atoms with E-state index >= 15 is 0 Å². The number of alkyl halides is 2. The van der Waals surface area contributed by atoms with Gasteiger partial charge in [0, 0.05) is 53.8 Å². The molecule has 2 bridgehead atoms. The molecule has 1 aliphatic heterocycles. The van der Waals surface area contributed by atoms with E-state index in [-0.39, 0.29) is 11.1 Å². The van der Waals surface area contributed by atoms with Crippen molar-refractivity contribution in [3.63, 3.8) is 0 Å². The first-order valence-corrected chi connectivity index (χ1v) is 12.3. The Balaban J connectivity index is 1.38. The summed E-state index contributed by atoms with van der Waals surface area (Å²) in [7, 11) is 1.62. The lowest BCUT2D eigenvalue weighted by Crippen LogP contribution is -2.44. The number of rotatable bonds is 4. The smallest absolute Gasteiger partial charge is 0.387 e. The lowest BCUT2D eigenvalue weighted by molar-refractivity contribution is -0.0529. The molecule has 0 saturated heterocycles. The van der Waals surface area contributed by atoms with Crippen LogP contribution in [0, 0.1) is 5.82 Å². The summed E-state index contributed by atoms with van der Waals surface area (Å²) in [5.74, 6) is -2.02. The van der Waals surface area contributed by atoms with E-state index < -0.39 is 41.6 Å². The van der Waals surface area contributed by atoms with Crippen LogP contribution in [-0.2, 0) is 5.54 Å². The maximum absolute atomic E-state index is 14.8. The summed E-state index contributed by atoms with van der Waals surface area (Å²) < 4.78 is 47.7. The minimum atomic E-state index is -3.26. The van der Waals surface area contributed by atoms with E-state index in [0.29, 0.717) is 40.4 Å². The quantitative estimate of drug-likeness (QED) is 0.433. The number of carbonyl (C=O) groups excluding carboxylic acids is 1. The Morgan fingerprint density at radius 3 is 2.61 bits per heavy atom. The molecule has 2 atom stereocenters. The Labute approximate surface area is 214 Å². The van der Waals surface area contributed by atoms with Crippen LogP contribution < -0.4 is 10.5 Å². The van der Waals surface area contributed by atoms with Gasteiger partial charge in [-0.15, -0.1) is 0 Å². The zero-order chi connectivity index (χ0) is 26.3. The molecule has 9 nitrogen and oxygen atoms in total. The molecule has 1 amide bonds. The van der Waals surface area contributed by atoms with Gasteiger partial charge in [0.15, 0.2) is 17.2 Å². The van der Waals surface area contributed by atoms with Gasteiger partial charge in [0.1, 0.15) is 5.82 Å². The Hall–Kier alpha value is -4.06. The summed E-state index contributed by atoms with van der Waals surface area (Å²) in [6.45, 7) is -3.26. The van der Waals surface area contributed by atoms with Gasteiger partial charge in [-0.1, -0.05) is 0 Å². The number of nitrogens with two attached hydrogens (primary N) is 1. The second-order valence-electron chi connectivity index (χ2n) is 10.1. The fourth-order valence-corrected chi connectivity index (χ4v) is 5.91. The van der Waals surface area contributed by atoms with Gasteiger partial charge in [-0.3, -0.25) is 4.79 Å². The Bertz CT molecular complexity index is 1620. The van der Waals surface area contributed by atoms with E-state index in [2.05, 4.69) is 19.8 Å². The van der Waals surface area contributed by atoms with Crippen molar-refractivity contribution in [2.24, 2.45) is 5.73 Å². The molecular weight excluding hydrogens is 499 g/mol. The third-order valence-electron chi connectivity index (χ3n) is 8.03. The maximum atomic E-state index is 14.8. The third-order valence-corrected chi connectivity index (χ3v) is 8.03. The van der Waals surface area contributed by atoms with Gasteiger partial charge < -0.3 is 15.4 Å². The highest BCUT2D eigenvalue weighted by atomic mass is 19.3. The highest BCUT2D eigenvalue weighted by Gasteiger charge is 2.47. The van der Waals surface area contributed by atoms with Gasteiger partial charge in [-0.05, 0) is 43.9 Å². The van der Waals surface area contributed by atoms with Crippen molar-refractivity contribution >= 4 is 11.6 Å². The van der Waals surface area contributed by atoms with E-state index in [9.17, 15) is 18.0 Å². The number of fused-ring (bicyclic) bond motifs is 9. The topological polar surface area (TPSA) is 112 Å². The molecule has 2 aliphatic carbocycles. The average molecular weight is 522 g/mol. The number of aromatic nitrogens is 5. The van der Waals surface area contributed by atoms with Crippen LogP contribution in [0.15, 0.2) is 36.8 Å². The molecule has 0 spiro atoms. The van der Waals surface area contributed by atoms with Gasteiger partial charge in [0.25, 0.3) is 5.91 Å². The van der Waals surface area contributed by atoms with E-state index in [1.54, 1.807) is 36.2 Å². The molecule has 38 heavy (non-hydrogen) atoms. The van der Waals surface area contributed by atoms with Crippen molar-refractivity contribution in [1.82, 2.24) is 29.5 Å². The summed E-state index contributed by atoms with van der Waals surface area (Å²) in [5.41, 5.74) is 9.04. The summed E-state index contributed by atoms with van der Waals surface area (Å²) >= 11 is 0. The molecule has 3 aliphatic rings. The second-order valence-corrected chi connectivity index (χ2v) is 10.1. The molecule has 2 unspecified atom stereocenters. The molecule has 1 aromatic carbocycles. The highest BCUT2D eigenvalue weighted by Crippen LogP contribution is 2.53. The first kappa shape index (κ1) is 23.1. The van der Waals surface area contributed by atoms with Crippen LogP contribution in [0.2, 0.25) is 0 Å². The fraction of sp³-hybridized carbons (Fsp3) is 0.346. The Morgan fingerprint density at radius 2 is 1.92 bits per heavy atom. The van der Waals surface area contributed by atoms with Crippen molar-refractivity contribution in [3.8, 4) is 17.0 Å². The van der Waals surface area contributed by atoms with Gasteiger partial charge in [-0.2, -0.15) is 13.9 Å². The molecule has 1 fully saturated rings. The molecule has 12 heteroatoms. The summed E-state index contributed by atoms with van der Waals surface area (Å²) in [4.78, 5) is 28.5. The maximum Gasteiger partial charge on any atom is 0.387 e. The standard InChI is InChI=1S/C26H22F3N7O2/c1-35-17-9-14(18-13(23(35)37)3-4-15(27)21(18)38-25(28)29)19-20(17)34-36-8-5-16(33-22(19)36)12-10-31-24(32-11-12)26(30)6-2-7-26/h3-5,8,10-11,14,17,25H,2,6-7,9,30H2,1H3. The fourth-order valence-electron chi connectivity index (χ4n) is 5.91. The second kappa shape index (κ2) is 7.97. The minimum absolute atomic E-state index is 0.0898. The van der Waals surface area contributed by atoms with Crippen molar-refractivity contribution in [2.75, 3.05) is 7.05 Å². The van der Waals surface area contributed by atoms with E-state index in [4.69, 9.17) is 10.7 Å². The SMILES string of the molecule is CN1C(=O)c2ccc(F)c(OC(F)F)c2C2CC1c1nn3ccc(-c4cnc(C5(N)CCC5)nc4)nc3c12. The van der Waals surface area contributed by atoms with Crippen LogP contribution in [0.5, 0.6) is 5.75 Å². The molecule has 3 aromatic heterocycles. The van der Waals surface area contributed by atoms with E-state index in [1.807, 2.05) is 0 Å². The van der Waals surface area contributed by atoms with E-state index in [1.165, 1.54) is 11.0 Å². The first-order valence-electron chi connectivity index (χ1n) is 12.3. The van der Waals surface area contributed by atoms with Gasteiger partial charge in [-0.25, -0.2) is 23.9 Å². The number of amides is 1. The van der Waals surface area contributed by atoms with Gasteiger partial charge >= 0.3 is 6.61 Å². The summed E-state index contributed by atoms with van der Waals surface area (Å²) in [5, 5.41) is 4.68. The lowest BCUT2D eigenvalue weighted by Gasteiger charge is -2.36. The number of hydrogen-bond acceptors (Lipinski definition) is 7.